The Balaban J connectivity index is 1.76. The molecule has 0 saturated carbocycles. The van der Waals surface area contributed by atoms with E-state index in [-0.39, 0.29) is 0 Å². The van der Waals surface area contributed by atoms with E-state index in [4.69, 9.17) is 0 Å². The zero-order chi connectivity index (χ0) is 25.4. The number of aromatic nitrogens is 1. The lowest BCUT2D eigenvalue weighted by molar-refractivity contribution is -0.644. The van der Waals surface area contributed by atoms with Gasteiger partial charge in [0.15, 0.2) is 6.20 Å². The van der Waals surface area contributed by atoms with Gasteiger partial charge in [-0.25, -0.2) is 4.57 Å². The van der Waals surface area contributed by atoms with Gasteiger partial charge in [0, 0.05) is 26.6 Å². The molecular formula is C34H24Br2N+. The van der Waals surface area contributed by atoms with Gasteiger partial charge in [-0.1, -0.05) is 98.6 Å². The molecule has 178 valence electrons. The third kappa shape index (κ3) is 4.66. The minimum atomic E-state index is 1.07. The van der Waals surface area contributed by atoms with Gasteiger partial charge in [-0.15, -0.1) is 0 Å². The van der Waals surface area contributed by atoms with Gasteiger partial charge in [-0.05, 0) is 81.4 Å². The normalized spacial score (nSPS) is 11.1. The summed E-state index contributed by atoms with van der Waals surface area (Å²) in [7, 11) is 2.11. The molecule has 0 bridgehead atoms. The summed E-state index contributed by atoms with van der Waals surface area (Å²) < 4.78 is 4.33. The van der Waals surface area contributed by atoms with Crippen molar-refractivity contribution < 1.29 is 4.57 Å². The van der Waals surface area contributed by atoms with Crippen LogP contribution >= 0.6 is 31.9 Å². The summed E-state index contributed by atoms with van der Waals surface area (Å²) in [4.78, 5) is 0. The molecule has 1 heterocycles. The smallest absolute Gasteiger partial charge is 0.201 e. The highest BCUT2D eigenvalue weighted by atomic mass is 79.9. The third-order valence-electron chi connectivity index (χ3n) is 6.86. The first-order valence-electron chi connectivity index (χ1n) is 12.2. The Labute approximate surface area is 234 Å². The van der Waals surface area contributed by atoms with Crippen LogP contribution in [0, 0.1) is 0 Å². The topological polar surface area (TPSA) is 3.88 Å². The Morgan fingerprint density at radius 3 is 1.62 bits per heavy atom. The number of hydrogen-bond donors (Lipinski definition) is 0. The molecule has 0 amide bonds. The summed E-state index contributed by atoms with van der Waals surface area (Å²) in [6, 6.07) is 43.5. The quantitative estimate of drug-likeness (QED) is 0.176. The molecule has 0 atom stereocenters. The predicted molar refractivity (Wildman–Crippen MR) is 162 cm³/mol. The van der Waals surface area contributed by atoms with Crippen LogP contribution in [0.15, 0.2) is 136 Å². The summed E-state index contributed by atoms with van der Waals surface area (Å²) >= 11 is 7.25. The van der Waals surface area contributed by atoms with Crippen LogP contribution < -0.4 is 4.57 Å². The lowest BCUT2D eigenvalue weighted by Gasteiger charge is -2.20. The molecule has 0 aliphatic heterocycles. The Bertz CT molecular complexity index is 1650. The van der Waals surface area contributed by atoms with Crippen molar-refractivity contribution in [1.82, 2.24) is 0 Å². The summed E-state index contributed by atoms with van der Waals surface area (Å²) in [5.41, 5.74) is 10.9. The summed E-state index contributed by atoms with van der Waals surface area (Å²) in [6.07, 6.45) is 2.17. The lowest BCUT2D eigenvalue weighted by Crippen LogP contribution is -2.28. The second-order valence-corrected chi connectivity index (χ2v) is 11.0. The van der Waals surface area contributed by atoms with Gasteiger partial charge >= 0.3 is 0 Å². The number of aryl methyl sites for hydroxylation is 1. The van der Waals surface area contributed by atoms with Gasteiger partial charge in [-0.2, -0.15) is 0 Å². The molecule has 0 unspecified atom stereocenters. The van der Waals surface area contributed by atoms with Crippen LogP contribution in [-0.4, -0.2) is 0 Å². The van der Waals surface area contributed by atoms with E-state index in [1.165, 1.54) is 55.4 Å². The average Bonchev–Trinajstić information content (AvgIpc) is 2.94. The van der Waals surface area contributed by atoms with Crippen molar-refractivity contribution in [3.05, 3.63) is 136 Å². The van der Waals surface area contributed by atoms with Crippen LogP contribution in [-0.2, 0) is 7.05 Å². The molecule has 1 aromatic heterocycles. The van der Waals surface area contributed by atoms with E-state index in [0.717, 1.165) is 8.95 Å². The molecule has 0 saturated heterocycles. The van der Waals surface area contributed by atoms with Crippen molar-refractivity contribution in [3.8, 4) is 44.5 Å². The average molecular weight is 606 g/mol. The van der Waals surface area contributed by atoms with Crippen LogP contribution in [0.2, 0.25) is 0 Å². The van der Waals surface area contributed by atoms with Crippen LogP contribution in [0.4, 0.5) is 0 Å². The van der Waals surface area contributed by atoms with E-state index >= 15 is 0 Å². The van der Waals surface area contributed by atoms with Crippen molar-refractivity contribution in [2.24, 2.45) is 7.05 Å². The van der Waals surface area contributed by atoms with Gasteiger partial charge in [0.25, 0.3) is 0 Å². The molecule has 6 rings (SSSR count). The molecule has 0 N–H and O–H groups in total. The molecule has 37 heavy (non-hydrogen) atoms. The van der Waals surface area contributed by atoms with Crippen LogP contribution in [0.25, 0.3) is 55.4 Å². The molecule has 1 nitrogen and oxygen atoms in total. The van der Waals surface area contributed by atoms with Crippen molar-refractivity contribution in [1.29, 1.82) is 0 Å². The van der Waals surface area contributed by atoms with Gasteiger partial charge in [0.1, 0.15) is 7.05 Å². The van der Waals surface area contributed by atoms with Crippen molar-refractivity contribution in [2.45, 2.75) is 0 Å². The van der Waals surface area contributed by atoms with Gasteiger partial charge in [0.2, 0.25) is 5.52 Å². The highest BCUT2D eigenvalue weighted by molar-refractivity contribution is 9.10. The molecule has 0 aliphatic carbocycles. The SMILES string of the molecule is C[n+]1ccc(-c2c(-c3ccc(Br)cc3)cc(-c3ccccc3)cc2-c2ccc(Br)cc2)c2ccccc21. The fourth-order valence-corrected chi connectivity index (χ4v) is 5.56. The Hall–Kier alpha value is -3.53. The number of halogens is 2. The van der Waals surface area contributed by atoms with E-state index in [2.05, 4.69) is 171 Å². The maximum Gasteiger partial charge on any atom is 0.212 e. The number of nitrogens with zero attached hydrogens (tertiary/aromatic N) is 1. The first-order valence-corrected chi connectivity index (χ1v) is 13.8. The molecule has 5 aromatic carbocycles. The fourth-order valence-electron chi connectivity index (χ4n) is 5.03. The molecule has 0 aliphatic rings. The zero-order valence-corrected chi connectivity index (χ0v) is 23.5. The summed E-state index contributed by atoms with van der Waals surface area (Å²) in [6.45, 7) is 0. The molecule has 0 spiro atoms. The van der Waals surface area contributed by atoms with E-state index in [9.17, 15) is 0 Å². The van der Waals surface area contributed by atoms with Gasteiger partial charge < -0.3 is 0 Å². The van der Waals surface area contributed by atoms with Crippen LogP contribution in [0.1, 0.15) is 0 Å². The largest absolute Gasteiger partial charge is 0.212 e. The van der Waals surface area contributed by atoms with Gasteiger partial charge in [0.05, 0.1) is 5.39 Å². The highest BCUT2D eigenvalue weighted by Crippen LogP contribution is 2.45. The van der Waals surface area contributed by atoms with Crippen LogP contribution in [0.5, 0.6) is 0 Å². The highest BCUT2D eigenvalue weighted by Gasteiger charge is 2.21. The maximum absolute atomic E-state index is 3.62. The van der Waals surface area contributed by atoms with Crippen molar-refractivity contribution >= 4 is 42.8 Å². The van der Waals surface area contributed by atoms with Crippen molar-refractivity contribution in [2.75, 3.05) is 0 Å². The van der Waals surface area contributed by atoms with Gasteiger partial charge in [-0.3, -0.25) is 0 Å². The number of benzene rings is 5. The van der Waals surface area contributed by atoms with Crippen molar-refractivity contribution in [3.63, 3.8) is 0 Å². The molecule has 6 aromatic rings. The number of pyridine rings is 1. The maximum atomic E-state index is 3.62. The lowest BCUT2D eigenvalue weighted by atomic mass is 9.84. The number of para-hydroxylation sites is 1. The number of hydrogen-bond acceptors (Lipinski definition) is 0. The first kappa shape index (κ1) is 23.8. The second-order valence-electron chi connectivity index (χ2n) is 9.18. The third-order valence-corrected chi connectivity index (χ3v) is 7.92. The molecular weight excluding hydrogens is 582 g/mol. The molecule has 0 fully saturated rings. The van der Waals surface area contributed by atoms with E-state index in [1.807, 2.05) is 0 Å². The minimum Gasteiger partial charge on any atom is -0.201 e. The Kier molecular flexibility index (Phi) is 6.50. The first-order chi connectivity index (χ1) is 18.1. The Morgan fingerprint density at radius 1 is 0.486 bits per heavy atom. The Morgan fingerprint density at radius 2 is 1.03 bits per heavy atom. The zero-order valence-electron chi connectivity index (χ0n) is 20.3. The number of fused-ring (bicyclic) bond motifs is 1. The number of rotatable bonds is 4. The summed E-state index contributed by atoms with van der Waals surface area (Å²) in [5, 5.41) is 1.23. The summed E-state index contributed by atoms with van der Waals surface area (Å²) in [5.74, 6) is 0. The van der Waals surface area contributed by atoms with Crippen LogP contribution in [0.3, 0.4) is 0 Å². The predicted octanol–water partition coefficient (Wildman–Crippen LogP) is 9.86. The fraction of sp³-hybridized carbons (Fsp3) is 0.0294. The van der Waals surface area contributed by atoms with E-state index in [0.29, 0.717) is 0 Å². The van der Waals surface area contributed by atoms with E-state index in [1.54, 1.807) is 0 Å². The van der Waals surface area contributed by atoms with E-state index < -0.39 is 0 Å². The molecule has 0 radical (unpaired) electrons. The molecule has 3 heteroatoms. The standard InChI is InChI=1S/C34H24Br2N/c1-37-20-19-30(29-9-5-6-10-33(29)37)34-31(24-11-15-27(35)16-12-24)21-26(23-7-3-2-4-8-23)22-32(34)25-13-17-28(36)18-14-25/h2-22H,1H3/q+1. The monoisotopic (exact) mass is 604 g/mol. The second kappa shape index (κ2) is 10.1. The minimum absolute atomic E-state index is 1.07.